The molecule has 3 nitrogen and oxygen atoms in total. The Morgan fingerprint density at radius 2 is 1.68 bits per heavy atom. The van der Waals surface area contributed by atoms with Crippen molar-refractivity contribution in [2.45, 2.75) is 32.8 Å². The maximum absolute atomic E-state index is 13.1. The van der Waals surface area contributed by atoms with Crippen molar-refractivity contribution in [1.29, 1.82) is 0 Å². The average molecular weight is 437 g/mol. The maximum atomic E-state index is 13.1. The fourth-order valence-corrected chi connectivity index (χ4v) is 4.25. The van der Waals surface area contributed by atoms with Crippen LogP contribution >= 0.6 is 11.6 Å². The van der Waals surface area contributed by atoms with Gasteiger partial charge >= 0.3 is 5.97 Å². The van der Waals surface area contributed by atoms with E-state index in [0.29, 0.717) is 22.9 Å². The Kier molecular flexibility index (Phi) is 6.10. The molecule has 0 spiro atoms. The Morgan fingerprint density at radius 1 is 1.00 bits per heavy atom. The van der Waals surface area contributed by atoms with Crippen LogP contribution in [0, 0.1) is 12.7 Å². The lowest BCUT2D eigenvalue weighted by molar-refractivity contribution is 0.0696. The number of allylic oxidation sites excluding steroid dienone is 2. The monoisotopic (exact) mass is 436 g/mol. The predicted octanol–water partition coefficient (Wildman–Crippen LogP) is 7.16. The highest BCUT2D eigenvalue weighted by Gasteiger charge is 2.20. The van der Waals surface area contributed by atoms with E-state index in [1.807, 2.05) is 25.1 Å². The first kappa shape index (κ1) is 21.1. The summed E-state index contributed by atoms with van der Waals surface area (Å²) in [7, 11) is 0. The number of aryl methyl sites for hydroxylation is 1. The van der Waals surface area contributed by atoms with E-state index >= 15 is 0 Å². The number of hydrogen-bond donors (Lipinski definition) is 1. The number of rotatable bonds is 6. The van der Waals surface area contributed by atoms with E-state index in [2.05, 4.69) is 0 Å². The van der Waals surface area contributed by atoms with Gasteiger partial charge in [0.15, 0.2) is 0 Å². The van der Waals surface area contributed by atoms with Gasteiger partial charge in [-0.05, 0) is 102 Å². The first-order valence-electron chi connectivity index (χ1n) is 10.1. The number of benzene rings is 3. The van der Waals surface area contributed by atoms with Crippen LogP contribution in [0.1, 0.15) is 51.9 Å². The Labute approximate surface area is 185 Å². The first-order valence-corrected chi connectivity index (χ1v) is 10.5. The molecule has 5 heteroatoms. The molecule has 0 unspecified atom stereocenters. The Balaban J connectivity index is 1.66. The van der Waals surface area contributed by atoms with Gasteiger partial charge in [-0.25, -0.2) is 9.18 Å². The third-order valence-electron chi connectivity index (χ3n) is 5.43. The zero-order valence-electron chi connectivity index (χ0n) is 17.1. The van der Waals surface area contributed by atoms with Crippen LogP contribution in [-0.4, -0.2) is 11.1 Å². The number of ether oxygens (including phenoxy) is 1. The van der Waals surface area contributed by atoms with Crippen LogP contribution in [0.15, 0.2) is 60.7 Å². The van der Waals surface area contributed by atoms with Crippen LogP contribution in [0.25, 0.3) is 11.1 Å². The van der Waals surface area contributed by atoms with Crippen molar-refractivity contribution in [1.82, 2.24) is 0 Å². The minimum absolute atomic E-state index is 0.281. The van der Waals surface area contributed by atoms with Crippen LogP contribution in [-0.2, 0) is 6.61 Å². The molecule has 0 fully saturated rings. The molecule has 0 saturated heterocycles. The molecule has 158 valence electrons. The number of carboxylic acids is 1. The molecule has 3 aromatic rings. The van der Waals surface area contributed by atoms with Gasteiger partial charge in [0.25, 0.3) is 0 Å². The predicted molar refractivity (Wildman–Crippen MR) is 121 cm³/mol. The number of halogens is 2. The van der Waals surface area contributed by atoms with E-state index in [-0.39, 0.29) is 5.82 Å². The molecule has 0 aromatic heterocycles. The molecule has 31 heavy (non-hydrogen) atoms. The third kappa shape index (κ3) is 4.97. The second-order valence-corrected chi connectivity index (χ2v) is 8.23. The van der Waals surface area contributed by atoms with Crippen molar-refractivity contribution < 1.29 is 19.0 Å². The van der Waals surface area contributed by atoms with Crippen molar-refractivity contribution in [3.05, 3.63) is 99.3 Å². The molecule has 0 saturated carbocycles. The summed E-state index contributed by atoms with van der Waals surface area (Å²) in [5.41, 5.74) is 6.32. The fourth-order valence-electron chi connectivity index (χ4n) is 4.03. The molecule has 4 rings (SSSR count). The largest absolute Gasteiger partial charge is 0.489 e. The molecule has 1 aliphatic carbocycles. The topological polar surface area (TPSA) is 46.5 Å². The van der Waals surface area contributed by atoms with Gasteiger partial charge in [0, 0.05) is 5.02 Å². The van der Waals surface area contributed by atoms with Crippen molar-refractivity contribution in [3.8, 4) is 5.75 Å². The van der Waals surface area contributed by atoms with Gasteiger partial charge in [-0.3, -0.25) is 0 Å². The second kappa shape index (κ2) is 8.94. The second-order valence-electron chi connectivity index (χ2n) is 7.79. The summed E-state index contributed by atoms with van der Waals surface area (Å²) in [5, 5.41) is 10.00. The zero-order chi connectivity index (χ0) is 22.0. The highest BCUT2D eigenvalue weighted by Crippen LogP contribution is 2.41. The lowest BCUT2D eigenvalue weighted by Gasteiger charge is -2.13. The fraction of sp³-hybridized carbons (Fsp3) is 0.192. The number of carbonyl (C=O) groups is 1. The Bertz CT molecular complexity index is 1170. The van der Waals surface area contributed by atoms with Crippen molar-refractivity contribution >= 4 is 28.7 Å². The third-order valence-corrected chi connectivity index (χ3v) is 5.65. The van der Waals surface area contributed by atoms with Crippen molar-refractivity contribution in [2.24, 2.45) is 0 Å². The van der Waals surface area contributed by atoms with E-state index in [9.17, 15) is 14.3 Å². The van der Waals surface area contributed by atoms with Crippen LogP contribution < -0.4 is 4.74 Å². The number of aromatic carboxylic acids is 1. The van der Waals surface area contributed by atoms with E-state index in [4.69, 9.17) is 16.3 Å². The van der Waals surface area contributed by atoms with Crippen LogP contribution in [0.2, 0.25) is 5.02 Å². The van der Waals surface area contributed by atoms with Gasteiger partial charge in [-0.1, -0.05) is 29.8 Å². The van der Waals surface area contributed by atoms with E-state index in [1.54, 1.807) is 30.3 Å². The van der Waals surface area contributed by atoms with Gasteiger partial charge < -0.3 is 9.84 Å². The molecule has 0 atom stereocenters. The molecular weight excluding hydrogens is 415 g/mol. The minimum atomic E-state index is -0.927. The quantitative estimate of drug-likeness (QED) is 0.446. The Hall–Kier alpha value is -3.11. The maximum Gasteiger partial charge on any atom is 0.335 e. The number of hydrogen-bond acceptors (Lipinski definition) is 2. The molecule has 0 bridgehead atoms. The van der Waals surface area contributed by atoms with E-state index < -0.39 is 5.97 Å². The highest BCUT2D eigenvalue weighted by molar-refractivity contribution is 6.31. The van der Waals surface area contributed by atoms with Gasteiger partial charge in [0.05, 0.1) is 5.56 Å². The van der Waals surface area contributed by atoms with Crippen LogP contribution in [0.5, 0.6) is 5.75 Å². The molecule has 1 N–H and O–H groups in total. The molecule has 1 aliphatic rings. The molecule has 0 amide bonds. The summed E-state index contributed by atoms with van der Waals surface area (Å²) in [5.74, 6) is -0.568. The summed E-state index contributed by atoms with van der Waals surface area (Å²) in [4.78, 5) is 11.5. The highest BCUT2D eigenvalue weighted by atomic mass is 35.5. The summed E-state index contributed by atoms with van der Waals surface area (Å²) < 4.78 is 19.0. The van der Waals surface area contributed by atoms with Crippen LogP contribution in [0.3, 0.4) is 0 Å². The normalized spacial score (nSPS) is 13.5. The lowest BCUT2D eigenvalue weighted by atomic mass is 9.94. The van der Waals surface area contributed by atoms with E-state index in [1.165, 1.54) is 12.1 Å². The summed E-state index contributed by atoms with van der Waals surface area (Å²) in [6.07, 6.45) is 2.78. The van der Waals surface area contributed by atoms with Gasteiger partial charge in [-0.15, -0.1) is 0 Å². The van der Waals surface area contributed by atoms with Crippen LogP contribution in [0.4, 0.5) is 4.39 Å². The van der Waals surface area contributed by atoms with E-state index in [0.717, 1.165) is 52.7 Å². The average Bonchev–Trinajstić information content (AvgIpc) is 3.22. The van der Waals surface area contributed by atoms with Crippen molar-refractivity contribution in [3.63, 3.8) is 0 Å². The first-order chi connectivity index (χ1) is 14.9. The molecule has 3 aromatic carbocycles. The van der Waals surface area contributed by atoms with Gasteiger partial charge in [0.2, 0.25) is 0 Å². The molecule has 0 heterocycles. The summed E-state index contributed by atoms with van der Waals surface area (Å²) in [6, 6.07) is 17.3. The molecular formula is C26H22ClFO3. The smallest absolute Gasteiger partial charge is 0.335 e. The summed E-state index contributed by atoms with van der Waals surface area (Å²) >= 11 is 6.39. The molecule has 0 aliphatic heterocycles. The van der Waals surface area contributed by atoms with Gasteiger partial charge in [0.1, 0.15) is 18.2 Å². The lowest BCUT2D eigenvalue weighted by Crippen LogP contribution is -1.99. The SMILES string of the molecule is Cc1cc(C(=O)O)cc(C2=C(c3cc(Cl)cc(OCc4ccc(F)cc4)c3)CCC2)c1. The minimum Gasteiger partial charge on any atom is -0.489 e. The molecule has 0 radical (unpaired) electrons. The standard InChI is InChI=1S/C26H22ClFO3/c1-16-9-18(11-20(10-16)26(29)30)24-3-2-4-25(24)19-12-21(27)14-23(13-19)31-15-17-5-7-22(28)8-6-17/h5-14H,2-4,15H2,1H3,(H,29,30). The number of carboxylic acid groups (broad SMARTS) is 1. The van der Waals surface area contributed by atoms with Gasteiger partial charge in [-0.2, -0.15) is 0 Å². The zero-order valence-corrected chi connectivity index (χ0v) is 17.9. The Morgan fingerprint density at radius 3 is 2.35 bits per heavy atom. The van der Waals surface area contributed by atoms with Crippen molar-refractivity contribution in [2.75, 3.05) is 0 Å². The summed E-state index contributed by atoms with van der Waals surface area (Å²) in [6.45, 7) is 2.22.